The molecule has 0 saturated heterocycles. The average Bonchev–Trinajstić information content (AvgIpc) is 2.98. The van der Waals surface area contributed by atoms with E-state index in [2.05, 4.69) is 10.4 Å². The van der Waals surface area contributed by atoms with Crippen molar-refractivity contribution >= 4 is 5.91 Å². The van der Waals surface area contributed by atoms with E-state index in [0.29, 0.717) is 25.1 Å². The Labute approximate surface area is 123 Å². The summed E-state index contributed by atoms with van der Waals surface area (Å²) >= 11 is 0. The molecule has 1 unspecified atom stereocenters. The minimum absolute atomic E-state index is 0.0673. The molecule has 1 heterocycles. The van der Waals surface area contributed by atoms with Gasteiger partial charge in [0.2, 0.25) is 0 Å². The largest absolute Gasteiger partial charge is 0.383 e. The summed E-state index contributed by atoms with van der Waals surface area (Å²) in [6.45, 7) is 1.00. The van der Waals surface area contributed by atoms with Crippen molar-refractivity contribution in [1.82, 2.24) is 15.1 Å². The Morgan fingerprint density at radius 3 is 2.90 bits per heavy atom. The van der Waals surface area contributed by atoms with E-state index in [9.17, 15) is 4.79 Å². The third kappa shape index (κ3) is 4.40. The molecule has 6 nitrogen and oxygen atoms in total. The number of hydrogen-bond acceptors (Lipinski definition) is 4. The zero-order valence-corrected chi connectivity index (χ0v) is 12.0. The summed E-state index contributed by atoms with van der Waals surface area (Å²) in [6, 6.07) is 9.57. The third-order valence-corrected chi connectivity index (χ3v) is 3.05. The first-order valence-electron chi connectivity index (χ1n) is 6.83. The fourth-order valence-electron chi connectivity index (χ4n) is 1.93. The van der Waals surface area contributed by atoms with Gasteiger partial charge in [0.1, 0.15) is 0 Å². The number of hydrogen-bond donors (Lipinski definition) is 2. The lowest BCUT2D eigenvalue weighted by molar-refractivity contribution is 0.0950. The normalized spacial score (nSPS) is 12.1. The van der Waals surface area contributed by atoms with E-state index in [-0.39, 0.29) is 11.9 Å². The molecule has 2 aromatic rings. The second-order valence-corrected chi connectivity index (χ2v) is 4.77. The van der Waals surface area contributed by atoms with Gasteiger partial charge >= 0.3 is 0 Å². The van der Waals surface area contributed by atoms with Crippen LogP contribution in [0.2, 0.25) is 0 Å². The Hall–Kier alpha value is -2.18. The topological polar surface area (TPSA) is 82.2 Å². The molecule has 0 aliphatic carbocycles. The van der Waals surface area contributed by atoms with E-state index in [1.807, 2.05) is 30.3 Å². The van der Waals surface area contributed by atoms with E-state index in [0.717, 1.165) is 5.69 Å². The smallest absolute Gasteiger partial charge is 0.254 e. The molecular weight excluding hydrogens is 268 g/mol. The van der Waals surface area contributed by atoms with Crippen molar-refractivity contribution in [3.05, 3.63) is 48.3 Å². The molecule has 21 heavy (non-hydrogen) atoms. The Kier molecular flexibility index (Phi) is 5.48. The van der Waals surface area contributed by atoms with Gasteiger partial charge in [0, 0.05) is 25.9 Å². The molecule has 0 radical (unpaired) electrons. The van der Waals surface area contributed by atoms with Gasteiger partial charge in [-0.05, 0) is 18.6 Å². The van der Waals surface area contributed by atoms with E-state index in [1.165, 1.54) is 0 Å². The highest BCUT2D eigenvalue weighted by atomic mass is 16.5. The number of nitrogens with zero attached hydrogens (tertiary/aromatic N) is 2. The lowest BCUT2D eigenvalue weighted by Gasteiger charge is -2.10. The molecule has 6 heteroatoms. The van der Waals surface area contributed by atoms with E-state index >= 15 is 0 Å². The Balaban J connectivity index is 1.88. The summed E-state index contributed by atoms with van der Waals surface area (Å²) in [5.74, 6) is -0.151. The van der Waals surface area contributed by atoms with Crippen LogP contribution in [0.15, 0.2) is 42.7 Å². The van der Waals surface area contributed by atoms with Crippen LogP contribution in [0.1, 0.15) is 16.8 Å². The number of methoxy groups -OCH3 is 1. The summed E-state index contributed by atoms with van der Waals surface area (Å²) in [4.78, 5) is 12.0. The van der Waals surface area contributed by atoms with Crippen molar-refractivity contribution in [3.63, 3.8) is 0 Å². The van der Waals surface area contributed by atoms with Crippen molar-refractivity contribution in [2.24, 2.45) is 5.73 Å². The highest BCUT2D eigenvalue weighted by Gasteiger charge is 2.09. The summed E-state index contributed by atoms with van der Waals surface area (Å²) in [6.07, 6.45) is 3.93. The maximum atomic E-state index is 12.0. The van der Waals surface area contributed by atoms with E-state index in [1.54, 1.807) is 24.2 Å². The fraction of sp³-hybridized carbons (Fsp3) is 0.333. The average molecular weight is 288 g/mol. The van der Waals surface area contributed by atoms with Crippen LogP contribution in [0.5, 0.6) is 0 Å². The molecular formula is C15H20N4O2. The summed E-state index contributed by atoms with van der Waals surface area (Å²) in [5, 5.41) is 7.02. The number of para-hydroxylation sites is 1. The van der Waals surface area contributed by atoms with Crippen molar-refractivity contribution in [3.8, 4) is 5.69 Å². The van der Waals surface area contributed by atoms with Gasteiger partial charge in [-0.15, -0.1) is 0 Å². The number of ether oxygens (including phenoxy) is 1. The second kappa shape index (κ2) is 7.56. The van der Waals surface area contributed by atoms with Gasteiger partial charge in [0.05, 0.1) is 24.1 Å². The Morgan fingerprint density at radius 1 is 1.43 bits per heavy atom. The van der Waals surface area contributed by atoms with Crippen molar-refractivity contribution in [1.29, 1.82) is 0 Å². The standard InChI is InChI=1S/C15H20N4O2/c1-21-11-13(16)7-8-17-15(20)12-9-18-19(10-12)14-5-3-2-4-6-14/h2-6,9-10,13H,7-8,11,16H2,1H3,(H,17,20). The monoisotopic (exact) mass is 288 g/mol. The zero-order chi connectivity index (χ0) is 15.1. The molecule has 2 rings (SSSR count). The minimum Gasteiger partial charge on any atom is -0.383 e. The van der Waals surface area contributed by atoms with Gasteiger partial charge < -0.3 is 15.8 Å². The van der Waals surface area contributed by atoms with Crippen LogP contribution in [0.25, 0.3) is 5.69 Å². The first-order chi connectivity index (χ1) is 10.2. The van der Waals surface area contributed by atoms with Crippen molar-refractivity contribution in [2.75, 3.05) is 20.3 Å². The number of nitrogens with one attached hydrogen (secondary N) is 1. The molecule has 0 aliphatic rings. The molecule has 0 fully saturated rings. The van der Waals surface area contributed by atoms with Crippen LogP contribution in [0.3, 0.4) is 0 Å². The van der Waals surface area contributed by atoms with Crippen LogP contribution in [-0.2, 0) is 4.74 Å². The minimum atomic E-state index is -0.151. The Bertz CT molecular complexity index is 568. The number of benzene rings is 1. The second-order valence-electron chi connectivity index (χ2n) is 4.77. The number of carbonyl (C=O) groups is 1. The van der Waals surface area contributed by atoms with E-state index in [4.69, 9.17) is 10.5 Å². The maximum Gasteiger partial charge on any atom is 0.254 e. The predicted octanol–water partition coefficient (Wildman–Crippen LogP) is 0.966. The van der Waals surface area contributed by atoms with Crippen molar-refractivity contribution in [2.45, 2.75) is 12.5 Å². The first kappa shape index (κ1) is 15.2. The van der Waals surface area contributed by atoms with Gasteiger partial charge in [-0.1, -0.05) is 18.2 Å². The lowest BCUT2D eigenvalue weighted by atomic mass is 10.2. The molecule has 3 N–H and O–H groups in total. The fourth-order valence-corrected chi connectivity index (χ4v) is 1.93. The van der Waals surface area contributed by atoms with Crippen LogP contribution in [-0.4, -0.2) is 42.0 Å². The number of nitrogens with two attached hydrogens (primary N) is 1. The lowest BCUT2D eigenvalue weighted by Crippen LogP contribution is -2.32. The number of aromatic nitrogens is 2. The summed E-state index contributed by atoms with van der Waals surface area (Å²) < 4.78 is 6.62. The van der Waals surface area contributed by atoms with Gasteiger partial charge in [0.15, 0.2) is 0 Å². The molecule has 1 amide bonds. The number of rotatable bonds is 7. The maximum absolute atomic E-state index is 12.0. The number of amides is 1. The number of carbonyl (C=O) groups excluding carboxylic acids is 1. The molecule has 1 atom stereocenters. The van der Waals surface area contributed by atoms with Crippen LogP contribution >= 0.6 is 0 Å². The zero-order valence-electron chi connectivity index (χ0n) is 12.0. The highest BCUT2D eigenvalue weighted by Crippen LogP contribution is 2.07. The molecule has 0 aliphatic heterocycles. The molecule has 0 saturated carbocycles. The third-order valence-electron chi connectivity index (χ3n) is 3.05. The first-order valence-corrected chi connectivity index (χ1v) is 6.83. The van der Waals surface area contributed by atoms with Gasteiger partial charge in [-0.25, -0.2) is 4.68 Å². The summed E-state index contributed by atoms with van der Waals surface area (Å²) in [7, 11) is 1.61. The Morgan fingerprint density at radius 2 is 2.19 bits per heavy atom. The molecule has 0 bridgehead atoms. The molecule has 0 spiro atoms. The van der Waals surface area contributed by atoms with Crippen LogP contribution in [0.4, 0.5) is 0 Å². The van der Waals surface area contributed by atoms with Gasteiger partial charge in [-0.3, -0.25) is 4.79 Å². The molecule has 1 aromatic heterocycles. The van der Waals surface area contributed by atoms with Gasteiger partial charge in [-0.2, -0.15) is 5.10 Å². The van der Waals surface area contributed by atoms with E-state index < -0.39 is 0 Å². The van der Waals surface area contributed by atoms with Crippen molar-refractivity contribution < 1.29 is 9.53 Å². The van der Waals surface area contributed by atoms with Crippen LogP contribution in [0, 0.1) is 0 Å². The SMILES string of the molecule is COCC(N)CCNC(=O)c1cnn(-c2ccccc2)c1. The molecule has 112 valence electrons. The van der Waals surface area contributed by atoms with Crippen LogP contribution < -0.4 is 11.1 Å². The highest BCUT2D eigenvalue weighted by molar-refractivity contribution is 5.93. The quantitative estimate of drug-likeness (QED) is 0.795. The molecule has 1 aromatic carbocycles. The van der Waals surface area contributed by atoms with Gasteiger partial charge in [0.25, 0.3) is 5.91 Å². The summed E-state index contributed by atoms with van der Waals surface area (Å²) in [5.41, 5.74) is 7.24. The predicted molar refractivity (Wildman–Crippen MR) is 80.4 cm³/mol.